The molecule has 17 heavy (non-hydrogen) atoms. The number of nitrogens with zero attached hydrogens (tertiary/aromatic N) is 1. The first-order valence-corrected chi connectivity index (χ1v) is 6.40. The highest BCUT2D eigenvalue weighted by Crippen LogP contribution is 2.30. The van der Waals surface area contributed by atoms with Crippen molar-refractivity contribution in [2.45, 2.75) is 18.9 Å². The zero-order valence-electron chi connectivity index (χ0n) is 9.20. The molecule has 2 rings (SSSR count). The molecule has 1 fully saturated rings. The molecule has 0 aromatic heterocycles. The molecule has 5 heteroatoms. The van der Waals surface area contributed by atoms with E-state index in [0.29, 0.717) is 24.0 Å². The van der Waals surface area contributed by atoms with E-state index in [1.165, 1.54) is 12.1 Å². The minimum atomic E-state index is -0.0740. The molecular formula is C12H13Cl2NO2. The number of amides is 1. The number of carbonyl (C=O) groups excluding carboxylic acids is 1. The molecule has 0 unspecified atom stereocenters. The van der Waals surface area contributed by atoms with Crippen molar-refractivity contribution >= 4 is 29.1 Å². The van der Waals surface area contributed by atoms with Gasteiger partial charge in [-0.25, -0.2) is 0 Å². The van der Waals surface area contributed by atoms with Gasteiger partial charge in [0.1, 0.15) is 5.75 Å². The lowest BCUT2D eigenvalue weighted by molar-refractivity contribution is 0.0753. The van der Waals surface area contributed by atoms with Crippen LogP contribution in [0.1, 0.15) is 23.2 Å². The SMILES string of the molecule is O=C(c1ccc(O)c(Cl)c1)N(CCCl)C1CC1. The Labute approximate surface area is 110 Å². The molecular weight excluding hydrogens is 261 g/mol. The molecule has 0 spiro atoms. The number of hydrogen-bond acceptors (Lipinski definition) is 2. The van der Waals surface area contributed by atoms with E-state index in [1.807, 2.05) is 0 Å². The smallest absolute Gasteiger partial charge is 0.254 e. The van der Waals surface area contributed by atoms with Crippen LogP contribution in [0.25, 0.3) is 0 Å². The molecule has 1 saturated carbocycles. The Hall–Kier alpha value is -0.930. The van der Waals surface area contributed by atoms with Crippen molar-refractivity contribution in [2.75, 3.05) is 12.4 Å². The summed E-state index contributed by atoms with van der Waals surface area (Å²) in [6.07, 6.45) is 2.07. The number of aromatic hydroxyl groups is 1. The van der Waals surface area contributed by atoms with Gasteiger partial charge in [-0.1, -0.05) is 11.6 Å². The number of benzene rings is 1. The Bertz CT molecular complexity index is 433. The van der Waals surface area contributed by atoms with Gasteiger partial charge in [-0.15, -0.1) is 11.6 Å². The van der Waals surface area contributed by atoms with Crippen molar-refractivity contribution in [3.8, 4) is 5.75 Å². The zero-order valence-corrected chi connectivity index (χ0v) is 10.7. The monoisotopic (exact) mass is 273 g/mol. The summed E-state index contributed by atoms with van der Waals surface area (Å²) in [4.78, 5) is 14.0. The lowest BCUT2D eigenvalue weighted by atomic mass is 10.2. The van der Waals surface area contributed by atoms with Gasteiger partial charge < -0.3 is 10.0 Å². The van der Waals surface area contributed by atoms with Crippen LogP contribution in [0, 0.1) is 0 Å². The fourth-order valence-corrected chi connectivity index (χ4v) is 2.10. The van der Waals surface area contributed by atoms with Gasteiger partial charge in [-0.2, -0.15) is 0 Å². The fraction of sp³-hybridized carbons (Fsp3) is 0.417. The van der Waals surface area contributed by atoms with E-state index >= 15 is 0 Å². The van der Waals surface area contributed by atoms with Crippen LogP contribution in [0.3, 0.4) is 0 Å². The topological polar surface area (TPSA) is 40.5 Å². The quantitative estimate of drug-likeness (QED) is 0.857. The highest BCUT2D eigenvalue weighted by molar-refractivity contribution is 6.32. The summed E-state index contributed by atoms with van der Waals surface area (Å²) in [6, 6.07) is 4.81. The van der Waals surface area contributed by atoms with E-state index < -0.39 is 0 Å². The molecule has 0 aliphatic heterocycles. The number of halogens is 2. The fourth-order valence-electron chi connectivity index (χ4n) is 1.73. The Balaban J connectivity index is 2.19. The summed E-state index contributed by atoms with van der Waals surface area (Å²) in [6.45, 7) is 0.545. The number of phenols is 1. The molecule has 0 heterocycles. The third-order valence-corrected chi connectivity index (χ3v) is 3.24. The van der Waals surface area contributed by atoms with Crippen molar-refractivity contribution < 1.29 is 9.90 Å². The molecule has 0 radical (unpaired) electrons. The van der Waals surface area contributed by atoms with Crippen molar-refractivity contribution in [1.82, 2.24) is 4.90 Å². The maximum absolute atomic E-state index is 12.2. The van der Waals surface area contributed by atoms with Gasteiger partial charge in [-0.05, 0) is 31.0 Å². The first kappa shape index (κ1) is 12.5. The number of carbonyl (C=O) groups is 1. The largest absolute Gasteiger partial charge is 0.506 e. The predicted molar refractivity (Wildman–Crippen MR) is 67.9 cm³/mol. The maximum atomic E-state index is 12.2. The first-order valence-electron chi connectivity index (χ1n) is 5.49. The molecule has 0 saturated heterocycles. The summed E-state index contributed by atoms with van der Waals surface area (Å²) in [7, 11) is 0. The van der Waals surface area contributed by atoms with Gasteiger partial charge in [0, 0.05) is 24.0 Å². The van der Waals surface area contributed by atoms with Crippen LogP contribution in [0.4, 0.5) is 0 Å². The van der Waals surface area contributed by atoms with E-state index in [2.05, 4.69) is 0 Å². The van der Waals surface area contributed by atoms with Gasteiger partial charge in [0.05, 0.1) is 5.02 Å². The van der Waals surface area contributed by atoms with E-state index in [0.717, 1.165) is 12.8 Å². The lowest BCUT2D eigenvalue weighted by Gasteiger charge is -2.21. The maximum Gasteiger partial charge on any atom is 0.254 e. The highest BCUT2D eigenvalue weighted by Gasteiger charge is 2.32. The molecule has 1 aliphatic rings. The average Bonchev–Trinajstić information content (AvgIpc) is 3.13. The molecule has 0 atom stereocenters. The van der Waals surface area contributed by atoms with Crippen molar-refractivity contribution in [3.05, 3.63) is 28.8 Å². The van der Waals surface area contributed by atoms with Crippen molar-refractivity contribution in [2.24, 2.45) is 0 Å². The second-order valence-corrected chi connectivity index (χ2v) is 4.87. The van der Waals surface area contributed by atoms with E-state index in [9.17, 15) is 9.90 Å². The van der Waals surface area contributed by atoms with Gasteiger partial charge in [0.25, 0.3) is 5.91 Å². The molecule has 1 aromatic carbocycles. The summed E-state index contributed by atoms with van der Waals surface area (Å²) >= 11 is 11.5. The van der Waals surface area contributed by atoms with Crippen LogP contribution in [0.5, 0.6) is 5.75 Å². The minimum absolute atomic E-state index is 0.0152. The number of rotatable bonds is 4. The summed E-state index contributed by atoms with van der Waals surface area (Å²) in [5.74, 6) is 0.335. The summed E-state index contributed by atoms with van der Waals surface area (Å²) in [5.41, 5.74) is 0.491. The molecule has 1 N–H and O–H groups in total. The Morgan fingerprint density at radius 1 is 1.47 bits per heavy atom. The number of phenolic OH excluding ortho intramolecular Hbond substituents is 1. The van der Waals surface area contributed by atoms with Gasteiger partial charge in [-0.3, -0.25) is 4.79 Å². The molecule has 0 bridgehead atoms. The molecule has 1 aromatic rings. The standard InChI is InChI=1S/C12H13Cl2NO2/c13-5-6-15(9-2-3-9)12(17)8-1-4-11(16)10(14)7-8/h1,4,7,9,16H,2-3,5-6H2. The Kier molecular flexibility index (Phi) is 3.79. The normalized spacial score (nSPS) is 14.7. The third kappa shape index (κ3) is 2.85. The van der Waals surface area contributed by atoms with Crippen LogP contribution >= 0.6 is 23.2 Å². The van der Waals surface area contributed by atoms with Gasteiger partial charge in [0.2, 0.25) is 0 Å². The van der Waals surface area contributed by atoms with Crippen LogP contribution in [0.2, 0.25) is 5.02 Å². The molecule has 1 amide bonds. The van der Waals surface area contributed by atoms with Crippen LogP contribution in [0.15, 0.2) is 18.2 Å². The average molecular weight is 274 g/mol. The van der Waals surface area contributed by atoms with Gasteiger partial charge in [0.15, 0.2) is 0 Å². The van der Waals surface area contributed by atoms with Crippen molar-refractivity contribution in [3.63, 3.8) is 0 Å². The number of alkyl halides is 1. The minimum Gasteiger partial charge on any atom is -0.506 e. The lowest BCUT2D eigenvalue weighted by Crippen LogP contribution is -2.34. The molecule has 3 nitrogen and oxygen atoms in total. The van der Waals surface area contributed by atoms with Crippen LogP contribution in [-0.4, -0.2) is 34.4 Å². The third-order valence-electron chi connectivity index (χ3n) is 2.77. The molecule has 92 valence electrons. The Morgan fingerprint density at radius 2 is 2.18 bits per heavy atom. The second-order valence-electron chi connectivity index (χ2n) is 4.08. The zero-order chi connectivity index (χ0) is 12.4. The predicted octanol–water partition coefficient (Wildman–Crippen LogP) is 2.89. The van der Waals surface area contributed by atoms with E-state index in [-0.39, 0.29) is 16.7 Å². The van der Waals surface area contributed by atoms with E-state index in [1.54, 1.807) is 11.0 Å². The van der Waals surface area contributed by atoms with Crippen molar-refractivity contribution in [1.29, 1.82) is 0 Å². The second kappa shape index (κ2) is 5.15. The summed E-state index contributed by atoms with van der Waals surface area (Å²) in [5, 5.41) is 9.50. The summed E-state index contributed by atoms with van der Waals surface area (Å²) < 4.78 is 0. The van der Waals surface area contributed by atoms with E-state index in [4.69, 9.17) is 23.2 Å². The highest BCUT2D eigenvalue weighted by atomic mass is 35.5. The van der Waals surface area contributed by atoms with Crippen LogP contribution in [-0.2, 0) is 0 Å². The van der Waals surface area contributed by atoms with Crippen LogP contribution < -0.4 is 0 Å². The first-order chi connectivity index (χ1) is 8.13. The van der Waals surface area contributed by atoms with Gasteiger partial charge >= 0.3 is 0 Å². The number of hydrogen-bond donors (Lipinski definition) is 1. The molecule has 1 aliphatic carbocycles. The Morgan fingerprint density at radius 3 is 2.71 bits per heavy atom.